The summed E-state index contributed by atoms with van der Waals surface area (Å²) in [6.45, 7) is 2.88. The van der Waals surface area contributed by atoms with Crippen LogP contribution in [0.3, 0.4) is 0 Å². The van der Waals surface area contributed by atoms with Gasteiger partial charge in [0.1, 0.15) is 11.5 Å². The van der Waals surface area contributed by atoms with Crippen LogP contribution >= 0.6 is 0 Å². The molecule has 0 bridgehead atoms. The molecular formula is C15H12F4N2O. The maximum absolute atomic E-state index is 13.4. The number of amides is 1. The second kappa shape index (κ2) is 5.75. The minimum absolute atomic E-state index is 0.00557. The van der Waals surface area contributed by atoms with Gasteiger partial charge in [-0.15, -0.1) is 0 Å². The SMILES string of the molecule is Cc1ccc(NC(=O)c2ccc(C(F)(F)F)nc2C)cc1F. The summed E-state index contributed by atoms with van der Waals surface area (Å²) in [5.41, 5.74) is -0.491. The lowest BCUT2D eigenvalue weighted by atomic mass is 10.1. The first-order chi connectivity index (χ1) is 10.2. The Balaban J connectivity index is 2.24. The van der Waals surface area contributed by atoms with Gasteiger partial charge in [-0.05, 0) is 43.7 Å². The highest BCUT2D eigenvalue weighted by Crippen LogP contribution is 2.28. The topological polar surface area (TPSA) is 42.0 Å². The molecule has 0 radical (unpaired) electrons. The second-order valence-corrected chi connectivity index (χ2v) is 4.75. The van der Waals surface area contributed by atoms with E-state index in [1.807, 2.05) is 0 Å². The Morgan fingerprint density at radius 2 is 1.82 bits per heavy atom. The molecule has 0 aliphatic heterocycles. The van der Waals surface area contributed by atoms with Gasteiger partial charge < -0.3 is 5.32 Å². The quantitative estimate of drug-likeness (QED) is 0.848. The van der Waals surface area contributed by atoms with E-state index >= 15 is 0 Å². The molecule has 7 heteroatoms. The summed E-state index contributed by atoms with van der Waals surface area (Å²) in [5, 5.41) is 2.43. The Morgan fingerprint density at radius 1 is 1.14 bits per heavy atom. The molecule has 0 saturated carbocycles. The lowest BCUT2D eigenvalue weighted by molar-refractivity contribution is -0.141. The van der Waals surface area contributed by atoms with Crippen LogP contribution < -0.4 is 5.32 Å². The smallest absolute Gasteiger partial charge is 0.322 e. The molecule has 1 aromatic heterocycles. The van der Waals surface area contributed by atoms with Crippen LogP contribution in [-0.4, -0.2) is 10.9 Å². The molecule has 0 aliphatic carbocycles. The zero-order chi connectivity index (χ0) is 16.5. The van der Waals surface area contributed by atoms with Crippen molar-refractivity contribution in [2.45, 2.75) is 20.0 Å². The van der Waals surface area contributed by atoms with Crippen molar-refractivity contribution in [3.05, 3.63) is 58.7 Å². The van der Waals surface area contributed by atoms with E-state index in [1.54, 1.807) is 6.92 Å². The van der Waals surface area contributed by atoms with E-state index < -0.39 is 23.6 Å². The summed E-state index contributed by atoms with van der Waals surface area (Å²) in [7, 11) is 0. The fraction of sp³-hybridized carbons (Fsp3) is 0.200. The Labute approximate surface area is 124 Å². The normalized spacial score (nSPS) is 11.4. The van der Waals surface area contributed by atoms with E-state index in [0.29, 0.717) is 5.56 Å². The zero-order valence-corrected chi connectivity index (χ0v) is 11.8. The number of carbonyl (C=O) groups excluding carboxylic acids is 1. The first-order valence-corrected chi connectivity index (χ1v) is 6.31. The molecule has 1 aromatic carbocycles. The van der Waals surface area contributed by atoms with Crippen LogP contribution in [0.2, 0.25) is 0 Å². The molecule has 22 heavy (non-hydrogen) atoms. The summed E-state index contributed by atoms with van der Waals surface area (Å²) < 4.78 is 51.0. The molecule has 1 heterocycles. The summed E-state index contributed by atoms with van der Waals surface area (Å²) in [6, 6.07) is 5.91. The number of nitrogens with one attached hydrogen (secondary N) is 1. The van der Waals surface area contributed by atoms with Gasteiger partial charge in [-0.2, -0.15) is 13.2 Å². The number of aromatic nitrogens is 1. The molecule has 0 aliphatic rings. The van der Waals surface area contributed by atoms with Gasteiger partial charge in [-0.3, -0.25) is 4.79 Å². The van der Waals surface area contributed by atoms with Gasteiger partial charge in [0.15, 0.2) is 0 Å². The Kier molecular flexibility index (Phi) is 4.16. The molecule has 0 atom stereocenters. The third-order valence-electron chi connectivity index (χ3n) is 3.05. The van der Waals surface area contributed by atoms with Crippen LogP contribution in [0.5, 0.6) is 0 Å². The van der Waals surface area contributed by atoms with Crippen molar-refractivity contribution in [1.82, 2.24) is 4.98 Å². The lowest BCUT2D eigenvalue weighted by Gasteiger charge is -2.11. The minimum Gasteiger partial charge on any atom is -0.322 e. The van der Waals surface area contributed by atoms with Crippen molar-refractivity contribution >= 4 is 11.6 Å². The monoisotopic (exact) mass is 312 g/mol. The maximum atomic E-state index is 13.4. The van der Waals surface area contributed by atoms with Crippen LogP contribution in [0.25, 0.3) is 0 Å². The second-order valence-electron chi connectivity index (χ2n) is 4.75. The van der Waals surface area contributed by atoms with E-state index in [4.69, 9.17) is 0 Å². The van der Waals surface area contributed by atoms with E-state index in [-0.39, 0.29) is 16.9 Å². The number of pyridine rings is 1. The van der Waals surface area contributed by atoms with Crippen molar-refractivity contribution < 1.29 is 22.4 Å². The fourth-order valence-corrected chi connectivity index (χ4v) is 1.83. The minimum atomic E-state index is -4.57. The molecular weight excluding hydrogens is 300 g/mol. The highest BCUT2D eigenvalue weighted by atomic mass is 19.4. The summed E-state index contributed by atoms with van der Waals surface area (Å²) in [6.07, 6.45) is -4.57. The number of aryl methyl sites for hydroxylation is 2. The number of nitrogens with zero attached hydrogens (tertiary/aromatic N) is 1. The van der Waals surface area contributed by atoms with Crippen molar-refractivity contribution in [2.24, 2.45) is 0 Å². The predicted molar refractivity (Wildman–Crippen MR) is 73.1 cm³/mol. The highest BCUT2D eigenvalue weighted by molar-refractivity contribution is 6.05. The van der Waals surface area contributed by atoms with Gasteiger partial charge in [0.05, 0.1) is 11.3 Å². The molecule has 2 aromatic rings. The van der Waals surface area contributed by atoms with Gasteiger partial charge in [-0.1, -0.05) is 6.07 Å². The molecule has 0 saturated heterocycles. The highest BCUT2D eigenvalue weighted by Gasteiger charge is 2.33. The predicted octanol–water partition coefficient (Wildman–Crippen LogP) is 4.11. The van der Waals surface area contributed by atoms with Crippen molar-refractivity contribution in [3.8, 4) is 0 Å². The number of benzene rings is 1. The number of anilines is 1. The first kappa shape index (κ1) is 15.9. The van der Waals surface area contributed by atoms with Gasteiger partial charge in [0.2, 0.25) is 0 Å². The van der Waals surface area contributed by atoms with Crippen LogP contribution in [0.15, 0.2) is 30.3 Å². The molecule has 2 rings (SSSR count). The summed E-state index contributed by atoms with van der Waals surface area (Å²) in [5.74, 6) is -1.14. The third-order valence-corrected chi connectivity index (χ3v) is 3.05. The Hall–Kier alpha value is -2.44. The number of hydrogen-bond acceptors (Lipinski definition) is 2. The summed E-state index contributed by atoms with van der Waals surface area (Å²) >= 11 is 0. The van der Waals surface area contributed by atoms with Gasteiger partial charge in [-0.25, -0.2) is 9.37 Å². The number of alkyl halides is 3. The van der Waals surface area contributed by atoms with E-state index in [2.05, 4.69) is 10.3 Å². The fourth-order valence-electron chi connectivity index (χ4n) is 1.83. The van der Waals surface area contributed by atoms with Gasteiger partial charge in [0, 0.05) is 5.69 Å². The number of rotatable bonds is 2. The van der Waals surface area contributed by atoms with Crippen LogP contribution in [0, 0.1) is 19.7 Å². The molecule has 116 valence electrons. The average molecular weight is 312 g/mol. The Bertz CT molecular complexity index is 726. The van der Waals surface area contributed by atoms with E-state index in [0.717, 1.165) is 18.2 Å². The van der Waals surface area contributed by atoms with Crippen LogP contribution in [0.1, 0.15) is 27.3 Å². The molecule has 3 nitrogen and oxygen atoms in total. The largest absolute Gasteiger partial charge is 0.433 e. The maximum Gasteiger partial charge on any atom is 0.433 e. The van der Waals surface area contributed by atoms with Gasteiger partial charge >= 0.3 is 6.18 Å². The van der Waals surface area contributed by atoms with Crippen molar-refractivity contribution in [2.75, 3.05) is 5.32 Å². The summed E-state index contributed by atoms with van der Waals surface area (Å²) in [4.78, 5) is 15.4. The third kappa shape index (κ3) is 3.41. The standard InChI is InChI=1S/C15H12F4N2O/c1-8-3-4-10(7-12(8)16)21-14(22)11-5-6-13(15(17,18)19)20-9(11)2/h3-7H,1-2H3,(H,21,22). The van der Waals surface area contributed by atoms with Crippen molar-refractivity contribution in [1.29, 1.82) is 0 Å². The van der Waals surface area contributed by atoms with E-state index in [1.165, 1.54) is 19.1 Å². The van der Waals surface area contributed by atoms with Crippen LogP contribution in [-0.2, 0) is 6.18 Å². The number of hydrogen-bond donors (Lipinski definition) is 1. The molecule has 0 fully saturated rings. The van der Waals surface area contributed by atoms with Crippen molar-refractivity contribution in [3.63, 3.8) is 0 Å². The van der Waals surface area contributed by atoms with Crippen LogP contribution in [0.4, 0.5) is 23.2 Å². The number of carbonyl (C=O) groups is 1. The molecule has 1 N–H and O–H groups in total. The molecule has 1 amide bonds. The van der Waals surface area contributed by atoms with Gasteiger partial charge in [0.25, 0.3) is 5.91 Å². The molecule has 0 spiro atoms. The number of halogens is 4. The average Bonchev–Trinajstić information content (AvgIpc) is 2.41. The first-order valence-electron chi connectivity index (χ1n) is 6.31. The molecule has 0 unspecified atom stereocenters. The Morgan fingerprint density at radius 3 is 2.36 bits per heavy atom. The lowest BCUT2D eigenvalue weighted by Crippen LogP contribution is -2.16. The zero-order valence-electron chi connectivity index (χ0n) is 11.8. The van der Waals surface area contributed by atoms with E-state index in [9.17, 15) is 22.4 Å².